The summed E-state index contributed by atoms with van der Waals surface area (Å²) in [7, 11) is -2.37. The monoisotopic (exact) mass is 488 g/mol. The van der Waals surface area contributed by atoms with Crippen molar-refractivity contribution in [2.75, 3.05) is 31.6 Å². The molecule has 1 amide bonds. The number of esters is 1. The fraction of sp³-hybridized carbons (Fsp3) is 0.500. The van der Waals surface area contributed by atoms with Crippen LogP contribution in [-0.2, 0) is 33.1 Å². The number of hydrogen-bond acceptors (Lipinski definition) is 6. The summed E-state index contributed by atoms with van der Waals surface area (Å²) in [4.78, 5) is 27.6. The Bertz CT molecular complexity index is 1150. The summed E-state index contributed by atoms with van der Waals surface area (Å²) in [6, 6.07) is 8.22. The van der Waals surface area contributed by atoms with Gasteiger partial charge >= 0.3 is 5.97 Å². The molecule has 1 atom stereocenters. The third-order valence-corrected chi connectivity index (χ3v) is 8.25. The zero-order valence-electron chi connectivity index (χ0n) is 19.7. The van der Waals surface area contributed by atoms with Gasteiger partial charge in [-0.1, -0.05) is 12.1 Å². The van der Waals surface area contributed by atoms with E-state index in [0.29, 0.717) is 18.5 Å². The molecule has 1 N–H and O–H groups in total. The molecule has 2 aliphatic heterocycles. The highest BCUT2D eigenvalue weighted by Gasteiger charge is 2.40. The molecular formula is C24H32N4O5S. The Morgan fingerprint density at radius 3 is 2.62 bits per heavy atom. The van der Waals surface area contributed by atoms with Gasteiger partial charge in [0, 0.05) is 32.0 Å². The maximum atomic E-state index is 13.4. The van der Waals surface area contributed by atoms with Crippen LogP contribution in [0.25, 0.3) is 0 Å². The van der Waals surface area contributed by atoms with Gasteiger partial charge in [-0.2, -0.15) is 4.31 Å². The number of carbonyl (C=O) groups excluding carboxylic acids is 2. The van der Waals surface area contributed by atoms with Gasteiger partial charge in [0.2, 0.25) is 15.9 Å². The van der Waals surface area contributed by atoms with Crippen LogP contribution in [0.15, 0.2) is 41.4 Å². The Labute approximate surface area is 200 Å². The Hall–Kier alpha value is -2.69. The zero-order valence-corrected chi connectivity index (χ0v) is 20.5. The van der Waals surface area contributed by atoms with Gasteiger partial charge in [-0.05, 0) is 69.5 Å². The Kier molecular flexibility index (Phi) is 7.39. The van der Waals surface area contributed by atoms with Crippen molar-refractivity contribution < 1.29 is 22.7 Å². The normalized spacial score (nSPS) is 19.4. The van der Waals surface area contributed by atoms with Crippen molar-refractivity contribution in [2.24, 2.45) is 7.05 Å². The number of amides is 1. The molecule has 0 saturated carbocycles. The number of sulfonamides is 1. The lowest BCUT2D eigenvalue weighted by Crippen LogP contribution is -2.43. The second-order valence-electron chi connectivity index (χ2n) is 8.84. The van der Waals surface area contributed by atoms with Gasteiger partial charge < -0.3 is 14.6 Å². The molecule has 1 aromatic heterocycles. The first-order valence-electron chi connectivity index (χ1n) is 11.8. The molecule has 34 heavy (non-hydrogen) atoms. The average molecular weight is 489 g/mol. The van der Waals surface area contributed by atoms with Crippen LogP contribution in [0.1, 0.15) is 48.7 Å². The topological polar surface area (TPSA) is 101 Å². The van der Waals surface area contributed by atoms with Crippen molar-refractivity contribution >= 4 is 27.6 Å². The summed E-state index contributed by atoms with van der Waals surface area (Å²) in [6.45, 7) is 5.14. The van der Waals surface area contributed by atoms with Crippen molar-refractivity contribution in [1.82, 2.24) is 13.8 Å². The lowest BCUT2D eigenvalue weighted by atomic mass is 10.1. The quantitative estimate of drug-likeness (QED) is 0.573. The first-order chi connectivity index (χ1) is 16.3. The number of anilines is 1. The molecular weight excluding hydrogens is 456 g/mol. The molecule has 10 heteroatoms. The van der Waals surface area contributed by atoms with Crippen molar-refractivity contribution in [2.45, 2.75) is 50.1 Å². The Morgan fingerprint density at radius 2 is 1.88 bits per heavy atom. The van der Waals surface area contributed by atoms with Gasteiger partial charge in [-0.3, -0.25) is 9.69 Å². The molecule has 3 heterocycles. The molecule has 0 spiro atoms. The highest BCUT2D eigenvalue weighted by molar-refractivity contribution is 7.89. The van der Waals surface area contributed by atoms with Crippen molar-refractivity contribution in [3.63, 3.8) is 0 Å². The molecule has 2 aromatic rings. The number of carbonyl (C=O) groups is 2. The fourth-order valence-electron chi connectivity index (χ4n) is 4.68. The van der Waals surface area contributed by atoms with E-state index in [2.05, 4.69) is 10.2 Å². The molecule has 2 aliphatic rings. The number of ether oxygens (including phenoxy) is 1. The van der Waals surface area contributed by atoms with Crippen LogP contribution in [0.5, 0.6) is 0 Å². The minimum atomic E-state index is -3.96. The fourth-order valence-corrected chi connectivity index (χ4v) is 6.41. The third-order valence-electron chi connectivity index (χ3n) is 6.38. The predicted octanol–water partition coefficient (Wildman–Crippen LogP) is 2.59. The van der Waals surface area contributed by atoms with E-state index >= 15 is 0 Å². The van der Waals surface area contributed by atoms with E-state index in [1.54, 1.807) is 14.0 Å². The molecule has 1 unspecified atom stereocenters. The molecule has 1 aromatic carbocycles. The molecule has 0 aliphatic carbocycles. The molecule has 2 saturated heterocycles. The molecule has 2 fully saturated rings. The number of aromatic nitrogens is 1. The summed E-state index contributed by atoms with van der Waals surface area (Å²) >= 11 is 0. The molecule has 9 nitrogen and oxygen atoms in total. The number of benzene rings is 1. The number of nitrogens with one attached hydrogen (secondary N) is 1. The third kappa shape index (κ3) is 5.18. The number of likely N-dealkylation sites (tertiary alicyclic amines) is 1. The summed E-state index contributed by atoms with van der Waals surface area (Å²) in [5.41, 5.74) is 1.93. The first kappa shape index (κ1) is 24.4. The van der Waals surface area contributed by atoms with E-state index < -0.39 is 22.0 Å². The number of aryl methyl sites for hydroxylation is 1. The zero-order chi connectivity index (χ0) is 24.3. The standard InChI is InChI=1S/C24H32N4O5S/c1-3-33-24(30)22-15-20(17-26(22)2)34(31,32)28-13-7-10-21(28)23(29)25-19-9-6-8-18(14-19)16-27-11-4-5-12-27/h6,8-9,14-15,17,21H,3-5,7,10-13,16H2,1-2H3,(H,25,29). The van der Waals surface area contributed by atoms with Gasteiger partial charge in [-0.25, -0.2) is 13.2 Å². The van der Waals surface area contributed by atoms with Gasteiger partial charge in [0.25, 0.3) is 0 Å². The van der Waals surface area contributed by atoms with Crippen molar-refractivity contribution in [3.05, 3.63) is 47.8 Å². The molecule has 184 valence electrons. The summed E-state index contributed by atoms with van der Waals surface area (Å²) in [5.74, 6) is -0.933. The number of hydrogen-bond donors (Lipinski definition) is 1. The van der Waals surface area contributed by atoms with E-state index in [0.717, 1.165) is 25.2 Å². The molecule has 4 rings (SSSR count). The van der Waals surface area contributed by atoms with E-state index in [4.69, 9.17) is 4.74 Å². The van der Waals surface area contributed by atoms with Crippen LogP contribution in [0.2, 0.25) is 0 Å². The SMILES string of the molecule is CCOC(=O)c1cc(S(=O)(=O)N2CCCC2C(=O)Nc2cccc(CN3CCCC3)c2)cn1C. The molecule has 0 bridgehead atoms. The van der Waals surface area contributed by atoms with Gasteiger partial charge in [-0.15, -0.1) is 0 Å². The smallest absolute Gasteiger partial charge is 0.354 e. The lowest BCUT2D eigenvalue weighted by molar-refractivity contribution is -0.119. The predicted molar refractivity (Wildman–Crippen MR) is 128 cm³/mol. The maximum Gasteiger partial charge on any atom is 0.354 e. The van der Waals surface area contributed by atoms with Crippen LogP contribution in [0.4, 0.5) is 5.69 Å². The minimum Gasteiger partial charge on any atom is -0.461 e. The van der Waals surface area contributed by atoms with Crippen molar-refractivity contribution in [1.29, 1.82) is 0 Å². The van der Waals surface area contributed by atoms with E-state index in [1.165, 1.54) is 34.0 Å². The van der Waals surface area contributed by atoms with Crippen LogP contribution in [-0.4, -0.2) is 66.3 Å². The second kappa shape index (κ2) is 10.3. The summed E-state index contributed by atoms with van der Waals surface area (Å²) in [6.07, 6.45) is 4.84. The van der Waals surface area contributed by atoms with E-state index in [1.807, 2.05) is 24.3 Å². The Morgan fingerprint density at radius 1 is 1.12 bits per heavy atom. The molecule has 0 radical (unpaired) electrons. The van der Waals surface area contributed by atoms with Crippen molar-refractivity contribution in [3.8, 4) is 0 Å². The van der Waals surface area contributed by atoms with Gasteiger partial charge in [0.15, 0.2) is 0 Å². The highest BCUT2D eigenvalue weighted by Crippen LogP contribution is 2.28. The van der Waals surface area contributed by atoms with Crippen LogP contribution >= 0.6 is 0 Å². The number of rotatable bonds is 8. The highest BCUT2D eigenvalue weighted by atomic mass is 32.2. The second-order valence-corrected chi connectivity index (χ2v) is 10.7. The minimum absolute atomic E-state index is 0.0228. The van der Waals surface area contributed by atoms with E-state index in [9.17, 15) is 18.0 Å². The summed E-state index contributed by atoms with van der Waals surface area (Å²) in [5, 5.41) is 2.91. The maximum absolute atomic E-state index is 13.4. The van der Waals surface area contributed by atoms with E-state index in [-0.39, 0.29) is 29.6 Å². The Balaban J connectivity index is 1.48. The largest absolute Gasteiger partial charge is 0.461 e. The first-order valence-corrected chi connectivity index (χ1v) is 13.2. The lowest BCUT2D eigenvalue weighted by Gasteiger charge is -2.23. The van der Waals surface area contributed by atoms with Crippen LogP contribution < -0.4 is 5.32 Å². The van der Waals surface area contributed by atoms with Crippen LogP contribution in [0.3, 0.4) is 0 Å². The summed E-state index contributed by atoms with van der Waals surface area (Å²) < 4.78 is 34.4. The van der Waals surface area contributed by atoms with Gasteiger partial charge in [0.1, 0.15) is 16.6 Å². The number of nitrogens with zero attached hydrogens (tertiary/aromatic N) is 3. The average Bonchev–Trinajstić information content (AvgIpc) is 3.55. The van der Waals surface area contributed by atoms with Crippen LogP contribution in [0, 0.1) is 0 Å². The van der Waals surface area contributed by atoms with Gasteiger partial charge in [0.05, 0.1) is 6.61 Å².